The number of rotatable bonds is 1. The molecule has 0 aromatic heterocycles. The van der Waals surface area contributed by atoms with Gasteiger partial charge in [0, 0.05) is 0 Å². The second-order valence-corrected chi connectivity index (χ2v) is 4.36. The van der Waals surface area contributed by atoms with Crippen LogP contribution in [0.15, 0.2) is 24.3 Å². The molecule has 0 aliphatic heterocycles. The van der Waals surface area contributed by atoms with E-state index in [1.54, 1.807) is 13.8 Å². The molecule has 0 atom stereocenters. The van der Waals surface area contributed by atoms with Crippen LogP contribution in [0.2, 0.25) is 0 Å². The Morgan fingerprint density at radius 3 is 1.00 bits per heavy atom. The van der Waals surface area contributed by atoms with Gasteiger partial charge >= 0.3 is 0 Å². The van der Waals surface area contributed by atoms with Gasteiger partial charge in [0.05, 0.1) is 11.1 Å². The van der Waals surface area contributed by atoms with Gasteiger partial charge in [0.2, 0.25) is 0 Å². The number of hydrogen-bond acceptors (Lipinski definition) is 4. The Morgan fingerprint density at radius 1 is 0.556 bits per heavy atom. The standard InChI is InChI=1S/C14H14O4/c1-7-3-9(15)13(10(16)4-7)14-11(17)5-8(2)6-12(14)18/h3-6,15-18H,1-2H3. The summed E-state index contributed by atoms with van der Waals surface area (Å²) in [6.07, 6.45) is 0. The molecule has 0 fully saturated rings. The van der Waals surface area contributed by atoms with Crippen LogP contribution >= 0.6 is 0 Å². The lowest BCUT2D eigenvalue weighted by molar-refractivity contribution is 0.438. The summed E-state index contributed by atoms with van der Waals surface area (Å²) in [4.78, 5) is 0. The van der Waals surface area contributed by atoms with Crippen molar-refractivity contribution in [2.45, 2.75) is 13.8 Å². The molecule has 0 saturated heterocycles. The highest BCUT2D eigenvalue weighted by Gasteiger charge is 2.18. The highest BCUT2D eigenvalue weighted by Crippen LogP contribution is 2.46. The Kier molecular flexibility index (Phi) is 2.79. The highest BCUT2D eigenvalue weighted by molar-refractivity contribution is 5.85. The highest BCUT2D eigenvalue weighted by atomic mass is 16.3. The predicted molar refractivity (Wildman–Crippen MR) is 68.0 cm³/mol. The third-order valence-electron chi connectivity index (χ3n) is 2.73. The smallest absolute Gasteiger partial charge is 0.127 e. The summed E-state index contributed by atoms with van der Waals surface area (Å²) in [6, 6.07) is 5.81. The molecule has 0 radical (unpaired) electrons. The minimum atomic E-state index is -0.193. The zero-order valence-corrected chi connectivity index (χ0v) is 10.1. The minimum absolute atomic E-state index is 0.0237. The summed E-state index contributed by atoms with van der Waals surface area (Å²) < 4.78 is 0. The van der Waals surface area contributed by atoms with Crippen molar-refractivity contribution < 1.29 is 20.4 Å². The molecule has 0 amide bonds. The van der Waals surface area contributed by atoms with Gasteiger partial charge in [0.15, 0.2) is 0 Å². The van der Waals surface area contributed by atoms with Crippen LogP contribution in [0.25, 0.3) is 11.1 Å². The molecule has 0 saturated carbocycles. The Labute approximate surface area is 104 Å². The lowest BCUT2D eigenvalue weighted by Gasteiger charge is -2.12. The lowest BCUT2D eigenvalue weighted by atomic mass is 9.98. The molecule has 0 spiro atoms. The first-order valence-corrected chi connectivity index (χ1v) is 5.45. The molecule has 4 N–H and O–H groups in total. The van der Waals surface area contributed by atoms with Gasteiger partial charge in [-0.3, -0.25) is 0 Å². The molecule has 2 aromatic carbocycles. The van der Waals surface area contributed by atoms with Gasteiger partial charge in [-0.1, -0.05) is 0 Å². The molecule has 0 aliphatic carbocycles. The van der Waals surface area contributed by atoms with E-state index in [4.69, 9.17) is 0 Å². The van der Waals surface area contributed by atoms with Crippen molar-refractivity contribution in [2.24, 2.45) is 0 Å². The van der Waals surface area contributed by atoms with E-state index < -0.39 is 0 Å². The second kappa shape index (κ2) is 4.14. The topological polar surface area (TPSA) is 80.9 Å². The molecular weight excluding hydrogens is 232 g/mol. The normalized spacial score (nSPS) is 10.6. The van der Waals surface area contributed by atoms with E-state index in [-0.39, 0.29) is 34.1 Å². The summed E-state index contributed by atoms with van der Waals surface area (Å²) in [6.45, 7) is 3.44. The van der Waals surface area contributed by atoms with Crippen LogP contribution in [-0.4, -0.2) is 20.4 Å². The first kappa shape index (κ1) is 12.1. The quantitative estimate of drug-likeness (QED) is 0.623. The Bertz CT molecular complexity index is 516. The van der Waals surface area contributed by atoms with Gasteiger partial charge in [-0.2, -0.15) is 0 Å². The van der Waals surface area contributed by atoms with Crippen LogP contribution in [0.4, 0.5) is 0 Å². The van der Waals surface area contributed by atoms with E-state index in [1.165, 1.54) is 24.3 Å². The third-order valence-corrected chi connectivity index (χ3v) is 2.73. The maximum Gasteiger partial charge on any atom is 0.127 e. The number of aromatic hydroxyl groups is 4. The van der Waals surface area contributed by atoms with Crippen LogP contribution in [0.1, 0.15) is 11.1 Å². The Hall–Kier alpha value is -2.36. The maximum atomic E-state index is 9.86. The van der Waals surface area contributed by atoms with E-state index in [1.807, 2.05) is 0 Å². The zero-order valence-electron chi connectivity index (χ0n) is 10.1. The van der Waals surface area contributed by atoms with Crippen LogP contribution in [0.5, 0.6) is 23.0 Å². The fraction of sp³-hybridized carbons (Fsp3) is 0.143. The average Bonchev–Trinajstić information content (AvgIpc) is 2.20. The summed E-state index contributed by atoms with van der Waals surface area (Å²) in [5, 5.41) is 39.4. The molecular formula is C14H14O4. The maximum absolute atomic E-state index is 9.86. The predicted octanol–water partition coefficient (Wildman–Crippen LogP) is 2.79. The van der Waals surface area contributed by atoms with Crippen LogP contribution < -0.4 is 0 Å². The SMILES string of the molecule is Cc1cc(O)c(-c2c(O)cc(C)cc2O)c(O)c1. The van der Waals surface area contributed by atoms with Gasteiger partial charge in [-0.15, -0.1) is 0 Å². The zero-order chi connectivity index (χ0) is 13.4. The molecule has 0 heterocycles. The largest absolute Gasteiger partial charge is 0.507 e. The number of benzene rings is 2. The van der Waals surface area contributed by atoms with Crippen molar-refractivity contribution in [1.29, 1.82) is 0 Å². The summed E-state index contributed by atoms with van der Waals surface area (Å²) in [5.74, 6) is -0.771. The molecule has 4 heteroatoms. The Balaban J connectivity index is 2.78. The molecule has 0 unspecified atom stereocenters. The average molecular weight is 246 g/mol. The minimum Gasteiger partial charge on any atom is -0.507 e. The van der Waals surface area contributed by atoms with Gasteiger partial charge < -0.3 is 20.4 Å². The van der Waals surface area contributed by atoms with Gasteiger partial charge in [-0.05, 0) is 49.2 Å². The van der Waals surface area contributed by atoms with Gasteiger partial charge in [-0.25, -0.2) is 0 Å². The number of phenols is 4. The van der Waals surface area contributed by atoms with E-state index in [0.717, 1.165) is 0 Å². The Morgan fingerprint density at radius 2 is 0.778 bits per heavy atom. The van der Waals surface area contributed by atoms with E-state index in [9.17, 15) is 20.4 Å². The van der Waals surface area contributed by atoms with Crippen molar-refractivity contribution >= 4 is 0 Å². The van der Waals surface area contributed by atoms with Crippen LogP contribution in [0.3, 0.4) is 0 Å². The third kappa shape index (κ3) is 1.93. The second-order valence-electron chi connectivity index (χ2n) is 4.36. The molecule has 2 aromatic rings. The number of aryl methyl sites for hydroxylation is 2. The summed E-state index contributed by atoms with van der Waals surface area (Å²) >= 11 is 0. The van der Waals surface area contributed by atoms with Crippen molar-refractivity contribution in [3.63, 3.8) is 0 Å². The van der Waals surface area contributed by atoms with Crippen molar-refractivity contribution in [1.82, 2.24) is 0 Å². The van der Waals surface area contributed by atoms with Crippen LogP contribution in [-0.2, 0) is 0 Å². The molecule has 2 rings (SSSR count). The van der Waals surface area contributed by atoms with Gasteiger partial charge in [0.1, 0.15) is 23.0 Å². The summed E-state index contributed by atoms with van der Waals surface area (Å²) in [7, 11) is 0. The number of hydrogen-bond donors (Lipinski definition) is 4. The first-order valence-electron chi connectivity index (χ1n) is 5.45. The molecule has 94 valence electrons. The fourth-order valence-electron chi connectivity index (χ4n) is 2.01. The molecule has 0 aliphatic rings. The molecule has 0 bridgehead atoms. The van der Waals surface area contributed by atoms with Crippen molar-refractivity contribution in [3.05, 3.63) is 35.4 Å². The lowest BCUT2D eigenvalue weighted by Crippen LogP contribution is -1.86. The van der Waals surface area contributed by atoms with E-state index in [0.29, 0.717) is 11.1 Å². The van der Waals surface area contributed by atoms with E-state index in [2.05, 4.69) is 0 Å². The van der Waals surface area contributed by atoms with Crippen LogP contribution in [0, 0.1) is 13.8 Å². The van der Waals surface area contributed by atoms with Gasteiger partial charge in [0.25, 0.3) is 0 Å². The fourth-order valence-corrected chi connectivity index (χ4v) is 2.01. The molecule has 18 heavy (non-hydrogen) atoms. The number of phenolic OH excluding ortho intramolecular Hbond substituents is 4. The van der Waals surface area contributed by atoms with E-state index >= 15 is 0 Å². The molecule has 4 nitrogen and oxygen atoms in total. The summed E-state index contributed by atoms with van der Waals surface area (Å²) in [5.41, 5.74) is 1.41. The van der Waals surface area contributed by atoms with Crippen molar-refractivity contribution in [3.8, 4) is 34.1 Å². The van der Waals surface area contributed by atoms with Crippen molar-refractivity contribution in [2.75, 3.05) is 0 Å². The monoisotopic (exact) mass is 246 g/mol. The first-order chi connectivity index (χ1) is 8.40.